The topological polar surface area (TPSA) is 21.7 Å². The largest absolute Gasteiger partial charge is 0.493 e. The van der Waals surface area contributed by atoms with Crippen molar-refractivity contribution in [1.29, 1.82) is 0 Å². The van der Waals surface area contributed by atoms with Crippen LogP contribution in [0, 0.1) is 0 Å². The fraction of sp³-hybridized carbons (Fsp3) is 0.280. The summed E-state index contributed by atoms with van der Waals surface area (Å²) < 4.78 is 10.9. The van der Waals surface area contributed by atoms with Crippen molar-refractivity contribution in [3.8, 4) is 11.5 Å². The van der Waals surface area contributed by atoms with Crippen molar-refractivity contribution >= 4 is 0 Å². The smallest absolute Gasteiger partial charge is 0.161 e. The number of nitrogens with zero attached hydrogens (tertiary/aromatic N) is 1. The second kappa shape index (κ2) is 8.49. The van der Waals surface area contributed by atoms with Gasteiger partial charge in [-0.15, -0.1) is 0 Å². The number of hydrogen-bond acceptors (Lipinski definition) is 3. The summed E-state index contributed by atoms with van der Waals surface area (Å²) >= 11 is 0. The summed E-state index contributed by atoms with van der Waals surface area (Å²) in [6.45, 7) is 2.97. The lowest BCUT2D eigenvalue weighted by molar-refractivity contribution is 0.244. The van der Waals surface area contributed by atoms with E-state index < -0.39 is 0 Å². The molecule has 0 aliphatic carbocycles. The molecule has 3 nitrogen and oxygen atoms in total. The third-order valence-electron chi connectivity index (χ3n) is 5.45. The van der Waals surface area contributed by atoms with Gasteiger partial charge in [-0.3, -0.25) is 4.90 Å². The van der Waals surface area contributed by atoms with E-state index in [1.807, 2.05) is 0 Å². The molecule has 0 N–H and O–H groups in total. The molecule has 0 aromatic heterocycles. The first-order valence-electron chi connectivity index (χ1n) is 9.83. The molecule has 0 bridgehead atoms. The van der Waals surface area contributed by atoms with E-state index in [2.05, 4.69) is 71.6 Å². The quantitative estimate of drug-likeness (QED) is 0.616. The van der Waals surface area contributed by atoms with Crippen LogP contribution in [0.1, 0.15) is 27.8 Å². The van der Waals surface area contributed by atoms with E-state index in [4.69, 9.17) is 9.47 Å². The number of hydrogen-bond donors (Lipinski definition) is 0. The molecule has 1 aliphatic rings. The summed E-state index contributed by atoms with van der Waals surface area (Å²) in [5.41, 5.74) is 6.80. The van der Waals surface area contributed by atoms with Gasteiger partial charge in [-0.2, -0.15) is 0 Å². The fourth-order valence-electron chi connectivity index (χ4n) is 4.00. The van der Waals surface area contributed by atoms with Crippen molar-refractivity contribution in [1.82, 2.24) is 4.90 Å². The molecule has 0 radical (unpaired) electrons. The zero-order valence-electron chi connectivity index (χ0n) is 16.7. The molecular formula is C25H27NO2. The summed E-state index contributed by atoms with van der Waals surface area (Å²) in [4.78, 5) is 2.51. The van der Waals surface area contributed by atoms with Crippen molar-refractivity contribution in [3.63, 3.8) is 0 Å². The highest BCUT2D eigenvalue weighted by Crippen LogP contribution is 2.33. The van der Waals surface area contributed by atoms with Gasteiger partial charge in [0, 0.05) is 19.6 Å². The molecule has 28 heavy (non-hydrogen) atoms. The van der Waals surface area contributed by atoms with Gasteiger partial charge in [0.15, 0.2) is 11.5 Å². The van der Waals surface area contributed by atoms with Crippen LogP contribution in [-0.2, 0) is 25.9 Å². The molecule has 0 fully saturated rings. The molecule has 0 saturated carbocycles. The Labute approximate surface area is 167 Å². The summed E-state index contributed by atoms with van der Waals surface area (Å²) in [6.07, 6.45) is 2.02. The molecule has 0 atom stereocenters. The zero-order valence-corrected chi connectivity index (χ0v) is 16.7. The third-order valence-corrected chi connectivity index (χ3v) is 5.45. The van der Waals surface area contributed by atoms with E-state index in [9.17, 15) is 0 Å². The van der Waals surface area contributed by atoms with E-state index in [-0.39, 0.29) is 0 Å². The molecule has 144 valence electrons. The molecule has 0 amide bonds. The van der Waals surface area contributed by atoms with Crippen LogP contribution in [0.5, 0.6) is 11.5 Å². The number of benzene rings is 3. The Morgan fingerprint density at radius 2 is 1.43 bits per heavy atom. The first-order chi connectivity index (χ1) is 13.7. The molecule has 1 heterocycles. The molecule has 3 heteroatoms. The average Bonchev–Trinajstić information content (AvgIpc) is 2.73. The highest BCUT2D eigenvalue weighted by Gasteiger charge is 2.19. The molecule has 4 rings (SSSR count). The predicted octanol–water partition coefficient (Wildman–Crippen LogP) is 4.85. The molecule has 3 aromatic carbocycles. The summed E-state index contributed by atoms with van der Waals surface area (Å²) in [5, 5.41) is 0. The minimum Gasteiger partial charge on any atom is -0.493 e. The maximum atomic E-state index is 5.48. The molecule has 0 spiro atoms. The van der Waals surface area contributed by atoms with Crippen LogP contribution < -0.4 is 9.47 Å². The minimum absolute atomic E-state index is 0.813. The Morgan fingerprint density at radius 1 is 0.750 bits per heavy atom. The monoisotopic (exact) mass is 373 g/mol. The second-order valence-corrected chi connectivity index (χ2v) is 7.42. The number of fused-ring (bicyclic) bond motifs is 1. The first kappa shape index (κ1) is 18.6. The van der Waals surface area contributed by atoms with Crippen LogP contribution in [-0.4, -0.2) is 25.7 Å². The van der Waals surface area contributed by atoms with E-state index in [1.54, 1.807) is 14.2 Å². The Hall–Kier alpha value is -2.78. The Morgan fingerprint density at radius 3 is 2.18 bits per heavy atom. The van der Waals surface area contributed by atoms with Crippen LogP contribution >= 0.6 is 0 Å². The lowest BCUT2D eigenvalue weighted by atomic mass is 9.98. The molecule has 3 aromatic rings. The average molecular weight is 373 g/mol. The van der Waals surface area contributed by atoms with Gasteiger partial charge >= 0.3 is 0 Å². The maximum absolute atomic E-state index is 5.48. The van der Waals surface area contributed by atoms with Crippen molar-refractivity contribution in [2.75, 3.05) is 20.8 Å². The van der Waals surface area contributed by atoms with E-state index >= 15 is 0 Å². The van der Waals surface area contributed by atoms with Crippen molar-refractivity contribution in [2.45, 2.75) is 25.9 Å². The number of rotatable bonds is 6. The summed E-state index contributed by atoms with van der Waals surface area (Å²) in [7, 11) is 3.39. The van der Waals surface area contributed by atoms with Gasteiger partial charge in [-0.05, 0) is 52.8 Å². The molecule has 0 unspecified atom stereocenters. The lowest BCUT2D eigenvalue weighted by Gasteiger charge is -2.29. The highest BCUT2D eigenvalue weighted by atomic mass is 16.5. The Balaban J connectivity index is 1.46. The molecule has 1 aliphatic heterocycles. The van der Waals surface area contributed by atoms with E-state index in [0.29, 0.717) is 0 Å². The second-order valence-electron chi connectivity index (χ2n) is 7.42. The SMILES string of the molecule is COc1cc2c(cc1OC)CN(Cc1cccc(Cc3ccccc3)c1)CC2. The summed E-state index contributed by atoms with van der Waals surface area (Å²) in [5.74, 6) is 1.64. The fourth-order valence-corrected chi connectivity index (χ4v) is 4.00. The number of methoxy groups -OCH3 is 2. The van der Waals surface area contributed by atoms with Crippen LogP contribution in [0.3, 0.4) is 0 Å². The lowest BCUT2D eigenvalue weighted by Crippen LogP contribution is -2.30. The minimum atomic E-state index is 0.813. The van der Waals surface area contributed by atoms with Crippen molar-refractivity contribution < 1.29 is 9.47 Å². The zero-order chi connectivity index (χ0) is 19.3. The van der Waals surface area contributed by atoms with Crippen molar-refractivity contribution in [2.24, 2.45) is 0 Å². The predicted molar refractivity (Wildman–Crippen MR) is 113 cm³/mol. The standard InChI is InChI=1S/C25H27NO2/c1-27-24-15-22-11-12-26(18-23(22)16-25(24)28-2)17-21-10-6-9-20(14-21)13-19-7-4-3-5-8-19/h3-10,14-16H,11-13,17-18H2,1-2H3. The van der Waals surface area contributed by atoms with E-state index in [1.165, 1.54) is 27.8 Å². The molecule has 0 saturated heterocycles. The van der Waals surface area contributed by atoms with Crippen molar-refractivity contribution in [3.05, 3.63) is 94.5 Å². The van der Waals surface area contributed by atoms with E-state index in [0.717, 1.165) is 44.0 Å². The van der Waals surface area contributed by atoms with Gasteiger partial charge in [-0.25, -0.2) is 0 Å². The van der Waals surface area contributed by atoms with Gasteiger partial charge < -0.3 is 9.47 Å². The Kier molecular flexibility index (Phi) is 5.63. The third kappa shape index (κ3) is 4.20. The maximum Gasteiger partial charge on any atom is 0.161 e. The Bertz CT molecular complexity index is 937. The first-order valence-corrected chi connectivity index (χ1v) is 9.83. The van der Waals surface area contributed by atoms with Gasteiger partial charge in [0.1, 0.15) is 0 Å². The number of ether oxygens (including phenoxy) is 2. The normalized spacial score (nSPS) is 13.8. The van der Waals surface area contributed by atoms with Crippen LogP contribution in [0.4, 0.5) is 0 Å². The van der Waals surface area contributed by atoms with Crippen LogP contribution in [0.25, 0.3) is 0 Å². The van der Waals surface area contributed by atoms with Crippen LogP contribution in [0.2, 0.25) is 0 Å². The summed E-state index contributed by atoms with van der Waals surface area (Å²) in [6, 6.07) is 23.9. The van der Waals surface area contributed by atoms with Gasteiger partial charge in [0.25, 0.3) is 0 Å². The highest BCUT2D eigenvalue weighted by molar-refractivity contribution is 5.48. The van der Waals surface area contributed by atoms with Crippen LogP contribution in [0.15, 0.2) is 66.7 Å². The molecular weight excluding hydrogens is 346 g/mol. The van der Waals surface area contributed by atoms with Gasteiger partial charge in [-0.1, -0.05) is 54.6 Å². The van der Waals surface area contributed by atoms with Gasteiger partial charge in [0.05, 0.1) is 14.2 Å². The van der Waals surface area contributed by atoms with Gasteiger partial charge in [0.2, 0.25) is 0 Å².